The summed E-state index contributed by atoms with van der Waals surface area (Å²) in [7, 11) is 1.88. The molecule has 1 saturated heterocycles. The Labute approximate surface area is 102 Å². The van der Waals surface area contributed by atoms with Gasteiger partial charge in [0.25, 0.3) is 0 Å². The molecular formula is C12H21NO4. The molecule has 0 aromatic rings. The number of likely N-dealkylation sites (N-methyl/N-ethyl adjacent to an activating group) is 1. The maximum Gasteiger partial charge on any atom is 0.328 e. The Morgan fingerprint density at radius 1 is 1.47 bits per heavy atom. The summed E-state index contributed by atoms with van der Waals surface area (Å²) in [5.41, 5.74) is 0.0758. The van der Waals surface area contributed by atoms with Gasteiger partial charge in [-0.2, -0.15) is 0 Å². The van der Waals surface area contributed by atoms with E-state index < -0.39 is 11.6 Å². The third-order valence-electron chi connectivity index (χ3n) is 2.88. The molecule has 1 fully saturated rings. The van der Waals surface area contributed by atoms with Crippen LogP contribution in [0.2, 0.25) is 0 Å². The molecule has 5 nitrogen and oxygen atoms in total. The van der Waals surface area contributed by atoms with Crippen LogP contribution in [0.25, 0.3) is 0 Å². The van der Waals surface area contributed by atoms with E-state index in [-0.39, 0.29) is 0 Å². The number of ether oxygens (including phenoxy) is 1. The number of nitrogens with zero attached hydrogens (tertiary/aromatic N) is 1. The minimum absolute atomic E-state index is 0.543. The second-order valence-corrected chi connectivity index (χ2v) is 4.84. The van der Waals surface area contributed by atoms with Crippen molar-refractivity contribution in [3.05, 3.63) is 11.6 Å². The molecule has 98 valence electrons. The van der Waals surface area contributed by atoms with E-state index in [0.717, 1.165) is 5.57 Å². The molecular weight excluding hydrogens is 222 g/mol. The first-order valence-corrected chi connectivity index (χ1v) is 5.80. The molecule has 1 aliphatic heterocycles. The highest BCUT2D eigenvalue weighted by Crippen LogP contribution is 2.21. The minimum Gasteiger partial charge on any atom is -0.478 e. The predicted octanol–water partition coefficient (Wildman–Crippen LogP) is 0.491. The monoisotopic (exact) mass is 243 g/mol. The number of carbonyl (C=O) groups is 1. The summed E-state index contributed by atoms with van der Waals surface area (Å²) in [6, 6.07) is 0. The van der Waals surface area contributed by atoms with Crippen LogP contribution >= 0.6 is 0 Å². The second kappa shape index (κ2) is 6.14. The molecule has 0 aromatic carbocycles. The number of carboxylic acids is 1. The van der Waals surface area contributed by atoms with E-state index in [0.29, 0.717) is 39.1 Å². The first kappa shape index (κ1) is 14.2. The van der Waals surface area contributed by atoms with Crippen LogP contribution in [0.4, 0.5) is 0 Å². The zero-order chi connectivity index (χ0) is 12.9. The van der Waals surface area contributed by atoms with Gasteiger partial charge in [0, 0.05) is 45.2 Å². The molecule has 0 aliphatic carbocycles. The fraction of sp³-hybridized carbons (Fsp3) is 0.750. The van der Waals surface area contributed by atoms with Crippen molar-refractivity contribution in [1.82, 2.24) is 4.90 Å². The topological polar surface area (TPSA) is 70.0 Å². The summed E-state index contributed by atoms with van der Waals surface area (Å²) in [4.78, 5) is 12.4. The van der Waals surface area contributed by atoms with Crippen LogP contribution in [0.15, 0.2) is 11.6 Å². The van der Waals surface area contributed by atoms with Gasteiger partial charge in [0.2, 0.25) is 0 Å². The highest BCUT2D eigenvalue weighted by atomic mass is 16.5. The largest absolute Gasteiger partial charge is 0.478 e. The van der Waals surface area contributed by atoms with Gasteiger partial charge in [-0.3, -0.25) is 4.90 Å². The molecule has 0 atom stereocenters. The Morgan fingerprint density at radius 2 is 2.06 bits per heavy atom. The summed E-state index contributed by atoms with van der Waals surface area (Å²) in [6.45, 7) is 4.05. The standard InChI is InChI=1S/C12H21NO4/c1-10(7-11(14)15)8-13(2)9-12(16)3-5-17-6-4-12/h7,16H,3-6,8-9H2,1-2H3,(H,14,15). The molecule has 0 bridgehead atoms. The lowest BCUT2D eigenvalue weighted by molar-refractivity contribution is -0.131. The smallest absolute Gasteiger partial charge is 0.328 e. The van der Waals surface area contributed by atoms with E-state index in [1.807, 2.05) is 11.9 Å². The zero-order valence-electron chi connectivity index (χ0n) is 10.5. The molecule has 5 heteroatoms. The van der Waals surface area contributed by atoms with Crippen molar-refractivity contribution in [2.24, 2.45) is 0 Å². The van der Waals surface area contributed by atoms with Crippen LogP contribution < -0.4 is 0 Å². The molecule has 1 rings (SSSR count). The van der Waals surface area contributed by atoms with Crippen LogP contribution in [-0.4, -0.2) is 60.0 Å². The van der Waals surface area contributed by atoms with E-state index in [2.05, 4.69) is 0 Å². The fourth-order valence-electron chi connectivity index (χ4n) is 2.15. The first-order chi connectivity index (χ1) is 7.91. The average Bonchev–Trinajstić information content (AvgIpc) is 2.15. The number of hydrogen-bond donors (Lipinski definition) is 2. The molecule has 17 heavy (non-hydrogen) atoms. The molecule has 1 heterocycles. The molecule has 0 aromatic heterocycles. The lowest BCUT2D eigenvalue weighted by Gasteiger charge is -2.35. The average molecular weight is 243 g/mol. The van der Waals surface area contributed by atoms with Gasteiger partial charge in [0.05, 0.1) is 5.60 Å². The Morgan fingerprint density at radius 3 is 2.59 bits per heavy atom. The number of hydrogen-bond acceptors (Lipinski definition) is 4. The Bertz CT molecular complexity index is 295. The molecule has 0 amide bonds. The van der Waals surface area contributed by atoms with E-state index in [1.165, 1.54) is 6.08 Å². The van der Waals surface area contributed by atoms with Gasteiger partial charge >= 0.3 is 5.97 Å². The second-order valence-electron chi connectivity index (χ2n) is 4.84. The van der Waals surface area contributed by atoms with E-state index in [9.17, 15) is 9.90 Å². The third-order valence-corrected chi connectivity index (χ3v) is 2.88. The van der Waals surface area contributed by atoms with Crippen molar-refractivity contribution in [3.63, 3.8) is 0 Å². The molecule has 0 radical (unpaired) electrons. The number of aliphatic carboxylic acids is 1. The predicted molar refractivity (Wildman–Crippen MR) is 63.9 cm³/mol. The maximum absolute atomic E-state index is 10.5. The lowest BCUT2D eigenvalue weighted by atomic mass is 9.94. The van der Waals surface area contributed by atoms with Gasteiger partial charge in [-0.1, -0.05) is 5.57 Å². The summed E-state index contributed by atoms with van der Waals surface area (Å²) in [6.07, 6.45) is 2.47. The SMILES string of the molecule is CC(=CC(=O)O)CN(C)CC1(O)CCOCC1. The van der Waals surface area contributed by atoms with Crippen molar-refractivity contribution >= 4 is 5.97 Å². The molecule has 0 unspecified atom stereocenters. The number of rotatable bonds is 5. The van der Waals surface area contributed by atoms with Gasteiger partial charge in [-0.25, -0.2) is 4.79 Å². The van der Waals surface area contributed by atoms with Crippen molar-refractivity contribution in [2.45, 2.75) is 25.4 Å². The molecule has 0 saturated carbocycles. The number of aliphatic hydroxyl groups is 1. The van der Waals surface area contributed by atoms with Crippen LogP contribution in [0.5, 0.6) is 0 Å². The summed E-state index contributed by atoms with van der Waals surface area (Å²) >= 11 is 0. The van der Waals surface area contributed by atoms with Crippen LogP contribution in [0.3, 0.4) is 0 Å². The van der Waals surface area contributed by atoms with Gasteiger partial charge in [-0.05, 0) is 14.0 Å². The van der Waals surface area contributed by atoms with Crippen molar-refractivity contribution in [2.75, 3.05) is 33.4 Å². The van der Waals surface area contributed by atoms with Gasteiger partial charge in [0.1, 0.15) is 0 Å². The summed E-state index contributed by atoms with van der Waals surface area (Å²) < 4.78 is 5.21. The van der Waals surface area contributed by atoms with Crippen LogP contribution in [0.1, 0.15) is 19.8 Å². The number of carboxylic acid groups (broad SMARTS) is 1. The molecule has 1 aliphatic rings. The third kappa shape index (κ3) is 5.30. The van der Waals surface area contributed by atoms with Crippen molar-refractivity contribution < 1.29 is 19.7 Å². The maximum atomic E-state index is 10.5. The normalized spacial score (nSPS) is 20.6. The van der Waals surface area contributed by atoms with E-state index in [4.69, 9.17) is 9.84 Å². The Balaban J connectivity index is 2.43. The van der Waals surface area contributed by atoms with E-state index in [1.54, 1.807) is 6.92 Å². The van der Waals surface area contributed by atoms with Crippen molar-refractivity contribution in [3.8, 4) is 0 Å². The summed E-state index contributed by atoms with van der Waals surface area (Å²) in [5.74, 6) is -0.930. The van der Waals surface area contributed by atoms with Gasteiger partial charge < -0.3 is 14.9 Å². The quantitative estimate of drug-likeness (QED) is 0.688. The highest BCUT2D eigenvalue weighted by molar-refractivity contribution is 5.80. The Kier molecular flexibility index (Phi) is 5.11. The van der Waals surface area contributed by atoms with Crippen LogP contribution in [0, 0.1) is 0 Å². The first-order valence-electron chi connectivity index (χ1n) is 5.80. The zero-order valence-corrected chi connectivity index (χ0v) is 10.5. The summed E-state index contributed by atoms with van der Waals surface area (Å²) in [5, 5.41) is 18.9. The molecule has 0 spiro atoms. The van der Waals surface area contributed by atoms with Gasteiger partial charge in [0.15, 0.2) is 0 Å². The fourth-order valence-corrected chi connectivity index (χ4v) is 2.15. The Hall–Kier alpha value is -0.910. The lowest BCUT2D eigenvalue weighted by Crippen LogP contribution is -2.46. The highest BCUT2D eigenvalue weighted by Gasteiger charge is 2.30. The molecule has 2 N–H and O–H groups in total. The minimum atomic E-state index is -0.930. The van der Waals surface area contributed by atoms with Crippen LogP contribution in [-0.2, 0) is 9.53 Å². The van der Waals surface area contributed by atoms with E-state index >= 15 is 0 Å². The van der Waals surface area contributed by atoms with Gasteiger partial charge in [-0.15, -0.1) is 0 Å². The van der Waals surface area contributed by atoms with Crippen molar-refractivity contribution in [1.29, 1.82) is 0 Å².